The van der Waals surface area contributed by atoms with Gasteiger partial charge in [-0.1, -0.05) is 23.7 Å². The van der Waals surface area contributed by atoms with Crippen LogP contribution in [0.2, 0.25) is 5.02 Å². The van der Waals surface area contributed by atoms with Crippen molar-refractivity contribution in [2.45, 2.75) is 12.8 Å². The van der Waals surface area contributed by atoms with Crippen LogP contribution in [0.3, 0.4) is 0 Å². The number of rotatable bonds is 6. The van der Waals surface area contributed by atoms with E-state index in [1.807, 2.05) is 24.3 Å². The van der Waals surface area contributed by atoms with Gasteiger partial charge >= 0.3 is 0 Å². The number of methoxy groups -OCH3 is 1. The second kappa shape index (κ2) is 7.25. The summed E-state index contributed by atoms with van der Waals surface area (Å²) < 4.78 is 4.84. The highest BCUT2D eigenvalue weighted by atomic mass is 35.5. The van der Waals surface area contributed by atoms with E-state index in [0.29, 0.717) is 24.6 Å². The van der Waals surface area contributed by atoms with Crippen LogP contribution in [0.4, 0.5) is 0 Å². The van der Waals surface area contributed by atoms with Gasteiger partial charge in [-0.15, -0.1) is 0 Å². The van der Waals surface area contributed by atoms with Crippen molar-refractivity contribution in [2.75, 3.05) is 20.3 Å². The van der Waals surface area contributed by atoms with Crippen molar-refractivity contribution in [1.29, 1.82) is 0 Å². The molecule has 0 radical (unpaired) electrons. The first-order valence-corrected chi connectivity index (χ1v) is 5.60. The van der Waals surface area contributed by atoms with E-state index < -0.39 is 0 Å². The zero-order valence-corrected chi connectivity index (χ0v) is 10.1. The number of halogens is 1. The maximum absolute atomic E-state index is 11.4. The van der Waals surface area contributed by atoms with Crippen molar-refractivity contribution in [2.24, 2.45) is 0 Å². The largest absolute Gasteiger partial charge is 0.383 e. The quantitative estimate of drug-likeness (QED) is 0.774. The molecule has 1 rings (SSSR count). The summed E-state index contributed by atoms with van der Waals surface area (Å²) in [5.41, 5.74) is 1.12. The fourth-order valence-electron chi connectivity index (χ4n) is 1.29. The number of carbonyl (C=O) groups excluding carboxylic acids is 1. The molecular weight excluding hydrogens is 226 g/mol. The van der Waals surface area contributed by atoms with Gasteiger partial charge in [-0.3, -0.25) is 4.79 Å². The normalized spacial score (nSPS) is 10.1. The number of ether oxygens (including phenoxy) is 1. The average Bonchev–Trinajstić information content (AvgIpc) is 2.29. The molecule has 1 amide bonds. The molecule has 1 N–H and O–H groups in total. The molecule has 88 valence electrons. The predicted molar refractivity (Wildman–Crippen MR) is 64.7 cm³/mol. The molecule has 0 unspecified atom stereocenters. The Labute approximate surface area is 101 Å². The van der Waals surface area contributed by atoms with E-state index in [4.69, 9.17) is 16.3 Å². The van der Waals surface area contributed by atoms with E-state index in [9.17, 15) is 4.79 Å². The van der Waals surface area contributed by atoms with E-state index in [-0.39, 0.29) is 5.91 Å². The van der Waals surface area contributed by atoms with Gasteiger partial charge < -0.3 is 10.1 Å². The van der Waals surface area contributed by atoms with Crippen molar-refractivity contribution in [3.05, 3.63) is 34.9 Å². The first kappa shape index (κ1) is 13.0. The Morgan fingerprint density at radius 3 is 2.69 bits per heavy atom. The summed E-state index contributed by atoms with van der Waals surface area (Å²) in [5.74, 6) is 0.0481. The number of hydrogen-bond donors (Lipinski definition) is 1. The van der Waals surface area contributed by atoms with E-state index in [1.165, 1.54) is 0 Å². The summed E-state index contributed by atoms with van der Waals surface area (Å²) in [4.78, 5) is 11.4. The average molecular weight is 242 g/mol. The lowest BCUT2D eigenvalue weighted by molar-refractivity contribution is -0.121. The molecule has 0 saturated heterocycles. The predicted octanol–water partition coefficient (Wildman–Crippen LogP) is 2.04. The molecule has 16 heavy (non-hydrogen) atoms. The first-order chi connectivity index (χ1) is 7.72. The number of benzene rings is 1. The summed E-state index contributed by atoms with van der Waals surface area (Å²) in [6.07, 6.45) is 1.22. The summed E-state index contributed by atoms with van der Waals surface area (Å²) in [6, 6.07) is 7.54. The highest BCUT2D eigenvalue weighted by Gasteiger charge is 2.01. The molecule has 0 heterocycles. The number of aryl methyl sites for hydroxylation is 1. The van der Waals surface area contributed by atoms with E-state index in [0.717, 1.165) is 12.0 Å². The van der Waals surface area contributed by atoms with Crippen molar-refractivity contribution in [3.8, 4) is 0 Å². The SMILES string of the molecule is COCCNC(=O)CCc1ccc(Cl)cc1. The molecule has 4 heteroatoms. The van der Waals surface area contributed by atoms with Gasteiger partial charge in [-0.25, -0.2) is 0 Å². The van der Waals surface area contributed by atoms with E-state index in [2.05, 4.69) is 5.32 Å². The van der Waals surface area contributed by atoms with Crippen LogP contribution in [0.25, 0.3) is 0 Å². The van der Waals surface area contributed by atoms with Crippen LogP contribution < -0.4 is 5.32 Å². The molecule has 0 aliphatic carbocycles. The first-order valence-electron chi connectivity index (χ1n) is 5.22. The number of hydrogen-bond acceptors (Lipinski definition) is 2. The topological polar surface area (TPSA) is 38.3 Å². The zero-order valence-electron chi connectivity index (χ0n) is 9.33. The highest BCUT2D eigenvalue weighted by Crippen LogP contribution is 2.10. The molecule has 0 atom stereocenters. The van der Waals surface area contributed by atoms with Gasteiger partial charge in [0.05, 0.1) is 6.61 Å². The van der Waals surface area contributed by atoms with Crippen molar-refractivity contribution in [1.82, 2.24) is 5.32 Å². The van der Waals surface area contributed by atoms with Gasteiger partial charge in [-0.2, -0.15) is 0 Å². The fourth-order valence-corrected chi connectivity index (χ4v) is 1.42. The minimum absolute atomic E-state index is 0.0481. The number of carbonyl (C=O) groups is 1. The second-order valence-corrected chi connectivity index (χ2v) is 3.91. The van der Waals surface area contributed by atoms with Gasteiger partial charge in [0.25, 0.3) is 0 Å². The molecular formula is C12H16ClNO2. The molecule has 0 bridgehead atoms. The minimum atomic E-state index is 0.0481. The Bertz CT molecular complexity index is 324. The van der Waals surface area contributed by atoms with E-state index >= 15 is 0 Å². The van der Waals surface area contributed by atoms with Crippen LogP contribution in [0, 0.1) is 0 Å². The molecule has 0 fully saturated rings. The zero-order chi connectivity index (χ0) is 11.8. The molecule has 1 aromatic rings. The molecule has 0 aliphatic heterocycles. The molecule has 0 saturated carbocycles. The standard InChI is InChI=1S/C12H16ClNO2/c1-16-9-8-14-12(15)7-4-10-2-5-11(13)6-3-10/h2-3,5-6H,4,7-9H2,1H3,(H,14,15). The van der Waals surface area contributed by atoms with Crippen molar-refractivity contribution < 1.29 is 9.53 Å². The lowest BCUT2D eigenvalue weighted by Crippen LogP contribution is -2.27. The van der Waals surface area contributed by atoms with Crippen LogP contribution in [0.5, 0.6) is 0 Å². The van der Waals surface area contributed by atoms with Crippen LogP contribution in [0.1, 0.15) is 12.0 Å². The maximum atomic E-state index is 11.4. The third-order valence-electron chi connectivity index (χ3n) is 2.18. The van der Waals surface area contributed by atoms with Crippen LogP contribution in [-0.2, 0) is 16.0 Å². The fraction of sp³-hybridized carbons (Fsp3) is 0.417. The van der Waals surface area contributed by atoms with Gasteiger partial charge in [0.1, 0.15) is 0 Å². The smallest absolute Gasteiger partial charge is 0.220 e. The van der Waals surface area contributed by atoms with Gasteiger partial charge in [0.15, 0.2) is 0 Å². The summed E-state index contributed by atoms with van der Waals surface area (Å²) in [7, 11) is 1.61. The Balaban J connectivity index is 2.23. The Kier molecular flexibility index (Phi) is 5.90. The molecule has 0 aromatic heterocycles. The Hall–Kier alpha value is -1.06. The second-order valence-electron chi connectivity index (χ2n) is 3.47. The van der Waals surface area contributed by atoms with E-state index in [1.54, 1.807) is 7.11 Å². The van der Waals surface area contributed by atoms with Gasteiger partial charge in [0, 0.05) is 25.1 Å². The summed E-state index contributed by atoms with van der Waals surface area (Å²) >= 11 is 5.77. The molecule has 3 nitrogen and oxygen atoms in total. The number of nitrogens with one attached hydrogen (secondary N) is 1. The summed E-state index contributed by atoms with van der Waals surface area (Å²) in [5, 5.41) is 3.49. The maximum Gasteiger partial charge on any atom is 0.220 e. The van der Waals surface area contributed by atoms with Gasteiger partial charge in [0.2, 0.25) is 5.91 Å². The Morgan fingerprint density at radius 2 is 2.06 bits per heavy atom. The molecule has 0 aliphatic rings. The molecule has 1 aromatic carbocycles. The third kappa shape index (κ3) is 5.14. The van der Waals surface area contributed by atoms with Crippen LogP contribution in [0.15, 0.2) is 24.3 Å². The van der Waals surface area contributed by atoms with Crippen molar-refractivity contribution >= 4 is 17.5 Å². The van der Waals surface area contributed by atoms with Crippen molar-refractivity contribution in [3.63, 3.8) is 0 Å². The lowest BCUT2D eigenvalue weighted by Gasteiger charge is -2.04. The van der Waals surface area contributed by atoms with Crippen LogP contribution >= 0.6 is 11.6 Å². The lowest BCUT2D eigenvalue weighted by atomic mass is 10.1. The van der Waals surface area contributed by atoms with Crippen LogP contribution in [-0.4, -0.2) is 26.2 Å². The highest BCUT2D eigenvalue weighted by molar-refractivity contribution is 6.30. The number of amides is 1. The molecule has 0 spiro atoms. The van der Waals surface area contributed by atoms with Gasteiger partial charge in [-0.05, 0) is 24.1 Å². The Morgan fingerprint density at radius 1 is 1.38 bits per heavy atom. The summed E-state index contributed by atoms with van der Waals surface area (Å²) in [6.45, 7) is 1.11. The third-order valence-corrected chi connectivity index (χ3v) is 2.43. The monoisotopic (exact) mass is 241 g/mol. The minimum Gasteiger partial charge on any atom is -0.383 e.